The van der Waals surface area contributed by atoms with E-state index in [0.717, 1.165) is 25.7 Å². The summed E-state index contributed by atoms with van der Waals surface area (Å²) in [5.41, 5.74) is 0.361. The second-order valence-electron chi connectivity index (χ2n) is 6.06. The molecule has 1 aliphatic carbocycles. The predicted molar refractivity (Wildman–Crippen MR) is 76.1 cm³/mol. The first-order chi connectivity index (χ1) is 9.46. The number of benzene rings is 1. The van der Waals surface area contributed by atoms with Gasteiger partial charge in [-0.05, 0) is 49.4 Å². The minimum atomic E-state index is -0.531. The summed E-state index contributed by atoms with van der Waals surface area (Å²) < 4.78 is 13.2. The molecule has 1 aromatic rings. The fourth-order valence-corrected chi connectivity index (χ4v) is 3.06. The third kappa shape index (κ3) is 3.18. The maximum Gasteiger partial charge on any atom is 0.251 e. The molecule has 2 N–H and O–H groups in total. The Morgan fingerprint density at radius 1 is 1.55 bits per heavy atom. The van der Waals surface area contributed by atoms with E-state index in [1.165, 1.54) is 12.1 Å². The predicted octanol–water partition coefficient (Wildman–Crippen LogP) is 2.81. The fraction of sp³-hybridized carbons (Fsp3) is 0.562. The Bertz CT molecular complexity index is 503. The van der Waals surface area contributed by atoms with Crippen molar-refractivity contribution in [2.24, 2.45) is 5.92 Å². The third-order valence-corrected chi connectivity index (χ3v) is 4.19. The van der Waals surface area contributed by atoms with Gasteiger partial charge >= 0.3 is 0 Å². The zero-order valence-corrected chi connectivity index (χ0v) is 12.1. The van der Waals surface area contributed by atoms with Crippen molar-refractivity contribution in [3.05, 3.63) is 35.1 Å². The third-order valence-electron chi connectivity index (χ3n) is 4.19. The molecule has 2 atom stereocenters. The standard InChI is InChI=1S/C16H22FNO2/c1-11-4-3-7-16(9-11,10-19)18-15(20)13-5-6-14(17)12(2)8-13/h5-6,8,11,19H,3-4,7,9-10H2,1-2H3,(H,18,20). The Kier molecular flexibility index (Phi) is 4.43. The molecule has 0 radical (unpaired) electrons. The van der Waals surface area contributed by atoms with Crippen molar-refractivity contribution in [1.82, 2.24) is 5.32 Å². The lowest BCUT2D eigenvalue weighted by atomic mass is 9.76. The highest BCUT2D eigenvalue weighted by molar-refractivity contribution is 5.94. The highest BCUT2D eigenvalue weighted by Gasteiger charge is 2.35. The van der Waals surface area contributed by atoms with E-state index < -0.39 is 5.54 Å². The van der Waals surface area contributed by atoms with Crippen LogP contribution in [0.4, 0.5) is 4.39 Å². The van der Waals surface area contributed by atoms with E-state index in [-0.39, 0.29) is 18.3 Å². The molecular weight excluding hydrogens is 257 g/mol. The van der Waals surface area contributed by atoms with Gasteiger partial charge in [-0.1, -0.05) is 19.8 Å². The molecular formula is C16H22FNO2. The van der Waals surface area contributed by atoms with E-state index in [1.807, 2.05) is 0 Å². The van der Waals surface area contributed by atoms with Gasteiger partial charge in [0, 0.05) is 5.56 Å². The van der Waals surface area contributed by atoms with Gasteiger partial charge in [-0.2, -0.15) is 0 Å². The fourth-order valence-electron chi connectivity index (χ4n) is 3.06. The number of carbonyl (C=O) groups excluding carboxylic acids is 1. The van der Waals surface area contributed by atoms with Crippen molar-refractivity contribution in [3.63, 3.8) is 0 Å². The topological polar surface area (TPSA) is 49.3 Å². The van der Waals surface area contributed by atoms with Crippen LogP contribution in [0.25, 0.3) is 0 Å². The zero-order valence-electron chi connectivity index (χ0n) is 12.1. The lowest BCUT2D eigenvalue weighted by Crippen LogP contribution is -2.53. The molecule has 0 aliphatic heterocycles. The molecule has 20 heavy (non-hydrogen) atoms. The van der Waals surface area contributed by atoms with Gasteiger partial charge in [-0.3, -0.25) is 4.79 Å². The van der Waals surface area contributed by atoms with E-state index in [9.17, 15) is 14.3 Å². The molecule has 0 bridgehead atoms. The molecule has 4 heteroatoms. The summed E-state index contributed by atoms with van der Waals surface area (Å²) in [6.45, 7) is 3.72. The molecule has 0 heterocycles. The lowest BCUT2D eigenvalue weighted by Gasteiger charge is -2.39. The van der Waals surface area contributed by atoms with Crippen molar-refractivity contribution in [2.75, 3.05) is 6.61 Å². The first-order valence-corrected chi connectivity index (χ1v) is 7.15. The molecule has 0 saturated heterocycles. The van der Waals surface area contributed by atoms with E-state index in [2.05, 4.69) is 12.2 Å². The minimum Gasteiger partial charge on any atom is -0.394 e. The minimum absolute atomic E-state index is 0.0523. The molecule has 3 nitrogen and oxygen atoms in total. The number of carbonyl (C=O) groups is 1. The van der Waals surface area contributed by atoms with Gasteiger partial charge in [0.2, 0.25) is 0 Å². The maximum atomic E-state index is 13.2. The van der Waals surface area contributed by atoms with Gasteiger partial charge in [-0.15, -0.1) is 0 Å². The molecule has 1 aliphatic rings. The Morgan fingerprint density at radius 2 is 2.30 bits per heavy atom. The number of rotatable bonds is 3. The molecule has 0 spiro atoms. The van der Waals surface area contributed by atoms with Gasteiger partial charge in [0.1, 0.15) is 5.82 Å². The number of amides is 1. The van der Waals surface area contributed by atoms with Crippen LogP contribution in [0.15, 0.2) is 18.2 Å². The second kappa shape index (κ2) is 5.92. The highest BCUT2D eigenvalue weighted by Crippen LogP contribution is 2.32. The van der Waals surface area contributed by atoms with E-state index in [4.69, 9.17) is 0 Å². The second-order valence-corrected chi connectivity index (χ2v) is 6.06. The quantitative estimate of drug-likeness (QED) is 0.894. The molecule has 110 valence electrons. The Hall–Kier alpha value is -1.42. The van der Waals surface area contributed by atoms with Crippen LogP contribution < -0.4 is 5.32 Å². The average molecular weight is 279 g/mol. The van der Waals surface area contributed by atoms with Crippen molar-refractivity contribution in [2.45, 2.75) is 45.1 Å². The molecule has 2 unspecified atom stereocenters. The van der Waals surface area contributed by atoms with Gasteiger partial charge in [0.25, 0.3) is 5.91 Å². The van der Waals surface area contributed by atoms with Gasteiger partial charge in [-0.25, -0.2) is 4.39 Å². The van der Waals surface area contributed by atoms with Crippen LogP contribution in [-0.2, 0) is 0 Å². The number of hydrogen-bond acceptors (Lipinski definition) is 2. The Morgan fingerprint density at radius 3 is 2.90 bits per heavy atom. The van der Waals surface area contributed by atoms with Crippen LogP contribution in [0.2, 0.25) is 0 Å². The number of aryl methyl sites for hydroxylation is 1. The summed E-state index contributed by atoms with van der Waals surface area (Å²) in [4.78, 5) is 12.3. The summed E-state index contributed by atoms with van der Waals surface area (Å²) in [5, 5.41) is 12.6. The smallest absolute Gasteiger partial charge is 0.251 e. The summed E-state index contributed by atoms with van der Waals surface area (Å²) in [5.74, 6) is -0.0629. The molecule has 1 saturated carbocycles. The normalized spacial score (nSPS) is 26.3. The number of aliphatic hydroxyl groups is 1. The Labute approximate surface area is 119 Å². The molecule has 1 amide bonds. The van der Waals surface area contributed by atoms with Crippen LogP contribution in [-0.4, -0.2) is 23.2 Å². The van der Waals surface area contributed by atoms with Crippen molar-refractivity contribution in [1.29, 1.82) is 0 Å². The molecule has 1 aromatic carbocycles. The van der Waals surface area contributed by atoms with Crippen molar-refractivity contribution < 1.29 is 14.3 Å². The largest absolute Gasteiger partial charge is 0.394 e. The summed E-state index contributed by atoms with van der Waals surface area (Å²) in [6, 6.07) is 4.33. The van der Waals surface area contributed by atoms with Crippen LogP contribution in [0.5, 0.6) is 0 Å². The van der Waals surface area contributed by atoms with Crippen LogP contribution in [0.3, 0.4) is 0 Å². The zero-order chi connectivity index (χ0) is 14.8. The summed E-state index contributed by atoms with van der Waals surface area (Å²) in [7, 11) is 0. The van der Waals surface area contributed by atoms with Gasteiger partial charge in [0.05, 0.1) is 12.1 Å². The van der Waals surface area contributed by atoms with Gasteiger partial charge in [0.15, 0.2) is 0 Å². The SMILES string of the molecule is Cc1cc(C(=O)NC2(CO)CCCC(C)C2)ccc1F. The summed E-state index contributed by atoms with van der Waals surface area (Å²) in [6.07, 6.45) is 3.72. The van der Waals surface area contributed by atoms with E-state index >= 15 is 0 Å². The molecule has 1 fully saturated rings. The van der Waals surface area contributed by atoms with Crippen molar-refractivity contribution in [3.8, 4) is 0 Å². The number of halogens is 1. The monoisotopic (exact) mass is 279 g/mol. The maximum absolute atomic E-state index is 13.2. The lowest BCUT2D eigenvalue weighted by molar-refractivity contribution is 0.0697. The Balaban J connectivity index is 2.14. The highest BCUT2D eigenvalue weighted by atomic mass is 19.1. The average Bonchev–Trinajstić information content (AvgIpc) is 2.41. The van der Waals surface area contributed by atoms with Crippen LogP contribution in [0.1, 0.15) is 48.5 Å². The molecule has 0 aromatic heterocycles. The number of hydrogen-bond donors (Lipinski definition) is 2. The van der Waals surface area contributed by atoms with E-state index in [1.54, 1.807) is 13.0 Å². The van der Waals surface area contributed by atoms with Gasteiger partial charge < -0.3 is 10.4 Å². The van der Waals surface area contributed by atoms with E-state index in [0.29, 0.717) is 17.0 Å². The number of nitrogens with one attached hydrogen (secondary N) is 1. The summed E-state index contributed by atoms with van der Waals surface area (Å²) >= 11 is 0. The van der Waals surface area contributed by atoms with Crippen LogP contribution >= 0.6 is 0 Å². The first-order valence-electron chi connectivity index (χ1n) is 7.15. The van der Waals surface area contributed by atoms with Crippen LogP contribution in [0, 0.1) is 18.7 Å². The first kappa shape index (κ1) is 15.0. The molecule has 2 rings (SSSR count). The van der Waals surface area contributed by atoms with Crippen molar-refractivity contribution >= 4 is 5.91 Å². The number of aliphatic hydroxyl groups excluding tert-OH is 1.